The van der Waals surface area contributed by atoms with Crippen molar-refractivity contribution < 1.29 is 9.53 Å². The van der Waals surface area contributed by atoms with Gasteiger partial charge in [0.15, 0.2) is 0 Å². The van der Waals surface area contributed by atoms with Gasteiger partial charge in [-0.05, 0) is 18.9 Å². The van der Waals surface area contributed by atoms with Gasteiger partial charge in [-0.2, -0.15) is 5.10 Å². The highest BCUT2D eigenvalue weighted by molar-refractivity contribution is 5.91. The molecule has 0 aliphatic heterocycles. The number of ether oxygens (including phenoxy) is 1. The van der Waals surface area contributed by atoms with Gasteiger partial charge in [-0.3, -0.25) is 9.59 Å². The SMILES string of the molecule is CCCCn1nc(C(=O)NCCCOC)ccc1=O. The Hall–Kier alpha value is -1.69. The topological polar surface area (TPSA) is 73.2 Å². The number of amides is 1. The van der Waals surface area contributed by atoms with Crippen LogP contribution in [0.15, 0.2) is 16.9 Å². The third-order valence-corrected chi connectivity index (χ3v) is 2.63. The van der Waals surface area contributed by atoms with Crippen molar-refractivity contribution in [3.8, 4) is 0 Å². The maximum atomic E-state index is 11.8. The molecule has 0 aliphatic rings. The van der Waals surface area contributed by atoms with Crippen molar-refractivity contribution >= 4 is 5.91 Å². The number of nitrogens with one attached hydrogen (secondary N) is 1. The van der Waals surface area contributed by atoms with E-state index in [1.165, 1.54) is 16.8 Å². The van der Waals surface area contributed by atoms with Crippen LogP contribution in [0.1, 0.15) is 36.7 Å². The molecule has 0 fully saturated rings. The number of unbranched alkanes of at least 4 members (excludes halogenated alkanes) is 1. The molecule has 1 aromatic rings. The van der Waals surface area contributed by atoms with Crippen LogP contribution in [0.25, 0.3) is 0 Å². The standard InChI is InChI=1S/C13H21N3O3/c1-3-4-9-16-12(17)7-6-11(15-16)13(18)14-8-5-10-19-2/h6-7H,3-5,8-10H2,1-2H3,(H,14,18). The molecule has 0 saturated carbocycles. The van der Waals surface area contributed by atoms with Gasteiger partial charge in [0.25, 0.3) is 11.5 Å². The van der Waals surface area contributed by atoms with Crippen LogP contribution in [0.4, 0.5) is 0 Å². The lowest BCUT2D eigenvalue weighted by molar-refractivity contribution is 0.0941. The predicted octanol–water partition coefficient (Wildman–Crippen LogP) is 0.810. The minimum absolute atomic E-state index is 0.176. The van der Waals surface area contributed by atoms with E-state index in [0.29, 0.717) is 19.7 Å². The van der Waals surface area contributed by atoms with Crippen LogP contribution < -0.4 is 10.9 Å². The first-order valence-electron chi connectivity index (χ1n) is 6.54. The summed E-state index contributed by atoms with van der Waals surface area (Å²) in [6.07, 6.45) is 2.59. The number of hydrogen-bond donors (Lipinski definition) is 1. The Morgan fingerprint density at radius 3 is 2.89 bits per heavy atom. The van der Waals surface area contributed by atoms with Gasteiger partial charge in [0.1, 0.15) is 5.69 Å². The maximum absolute atomic E-state index is 11.8. The summed E-state index contributed by atoms with van der Waals surface area (Å²) < 4.78 is 6.24. The Morgan fingerprint density at radius 2 is 2.21 bits per heavy atom. The number of carbonyl (C=O) groups excluding carboxylic acids is 1. The van der Waals surface area contributed by atoms with Crippen LogP contribution in [-0.2, 0) is 11.3 Å². The third-order valence-electron chi connectivity index (χ3n) is 2.63. The highest BCUT2D eigenvalue weighted by Gasteiger charge is 2.08. The molecule has 1 amide bonds. The van der Waals surface area contributed by atoms with Crippen molar-refractivity contribution in [3.05, 3.63) is 28.2 Å². The molecule has 1 rings (SSSR count). The van der Waals surface area contributed by atoms with Crippen molar-refractivity contribution in [2.45, 2.75) is 32.7 Å². The monoisotopic (exact) mass is 267 g/mol. The molecule has 0 bridgehead atoms. The van der Waals surface area contributed by atoms with Crippen LogP contribution >= 0.6 is 0 Å². The minimum Gasteiger partial charge on any atom is -0.385 e. The first kappa shape index (κ1) is 15.4. The van der Waals surface area contributed by atoms with E-state index in [0.717, 1.165) is 19.3 Å². The van der Waals surface area contributed by atoms with Gasteiger partial charge < -0.3 is 10.1 Å². The zero-order valence-electron chi connectivity index (χ0n) is 11.5. The van der Waals surface area contributed by atoms with Crippen molar-refractivity contribution in [1.29, 1.82) is 0 Å². The van der Waals surface area contributed by atoms with Gasteiger partial charge in [-0.25, -0.2) is 4.68 Å². The van der Waals surface area contributed by atoms with Gasteiger partial charge in [-0.1, -0.05) is 13.3 Å². The number of methoxy groups -OCH3 is 1. The van der Waals surface area contributed by atoms with Crippen LogP contribution in [0.5, 0.6) is 0 Å². The molecule has 106 valence electrons. The summed E-state index contributed by atoms with van der Waals surface area (Å²) >= 11 is 0. The molecule has 0 radical (unpaired) electrons. The van der Waals surface area contributed by atoms with Gasteiger partial charge in [-0.15, -0.1) is 0 Å². The van der Waals surface area contributed by atoms with Crippen molar-refractivity contribution in [2.24, 2.45) is 0 Å². The Kier molecular flexibility index (Phi) is 6.81. The molecule has 0 aromatic carbocycles. The Labute approximate surface area is 112 Å². The van der Waals surface area contributed by atoms with E-state index < -0.39 is 0 Å². The molecule has 0 spiro atoms. The number of carbonyl (C=O) groups is 1. The Bertz CT molecular complexity index is 457. The average molecular weight is 267 g/mol. The molecule has 19 heavy (non-hydrogen) atoms. The number of aromatic nitrogens is 2. The second kappa shape index (κ2) is 8.42. The molecule has 1 aromatic heterocycles. The summed E-state index contributed by atoms with van der Waals surface area (Å²) in [4.78, 5) is 23.4. The molecule has 1 heterocycles. The van der Waals surface area contributed by atoms with Gasteiger partial charge in [0.05, 0.1) is 0 Å². The fraction of sp³-hybridized carbons (Fsp3) is 0.615. The molecule has 0 atom stereocenters. The highest BCUT2D eigenvalue weighted by Crippen LogP contribution is 1.94. The summed E-state index contributed by atoms with van der Waals surface area (Å²) in [5.41, 5.74) is 0.0949. The van der Waals surface area contributed by atoms with Crippen LogP contribution in [0.3, 0.4) is 0 Å². The fourth-order valence-electron chi connectivity index (χ4n) is 1.55. The fourth-order valence-corrected chi connectivity index (χ4v) is 1.55. The lowest BCUT2D eigenvalue weighted by Gasteiger charge is -2.07. The van der Waals surface area contributed by atoms with E-state index in [9.17, 15) is 9.59 Å². The molecule has 0 saturated heterocycles. The molecule has 1 N–H and O–H groups in total. The Balaban J connectivity index is 2.61. The third kappa shape index (κ3) is 5.21. The molecule has 6 heteroatoms. The second-order valence-electron chi connectivity index (χ2n) is 4.24. The lowest BCUT2D eigenvalue weighted by Crippen LogP contribution is -2.30. The van der Waals surface area contributed by atoms with Crippen LogP contribution in [-0.4, -0.2) is 35.9 Å². The number of hydrogen-bond acceptors (Lipinski definition) is 4. The number of rotatable bonds is 8. The molecule has 0 unspecified atom stereocenters. The van der Waals surface area contributed by atoms with Crippen molar-refractivity contribution in [3.63, 3.8) is 0 Å². The molecule has 6 nitrogen and oxygen atoms in total. The van der Waals surface area contributed by atoms with E-state index in [4.69, 9.17) is 4.74 Å². The summed E-state index contributed by atoms with van der Waals surface area (Å²) in [5.74, 6) is -0.263. The highest BCUT2D eigenvalue weighted by atomic mass is 16.5. The predicted molar refractivity (Wildman–Crippen MR) is 72.2 cm³/mol. The van der Waals surface area contributed by atoms with E-state index in [1.54, 1.807) is 7.11 Å². The number of nitrogens with zero attached hydrogens (tertiary/aromatic N) is 2. The van der Waals surface area contributed by atoms with Gasteiger partial charge >= 0.3 is 0 Å². The number of aryl methyl sites for hydroxylation is 1. The zero-order valence-corrected chi connectivity index (χ0v) is 11.5. The van der Waals surface area contributed by atoms with Crippen molar-refractivity contribution in [1.82, 2.24) is 15.1 Å². The van der Waals surface area contributed by atoms with E-state index in [-0.39, 0.29) is 17.2 Å². The van der Waals surface area contributed by atoms with Gasteiger partial charge in [0.2, 0.25) is 0 Å². The summed E-state index contributed by atoms with van der Waals surface area (Å²) in [6, 6.07) is 2.84. The van der Waals surface area contributed by atoms with Gasteiger partial charge in [0, 0.05) is 32.9 Å². The largest absolute Gasteiger partial charge is 0.385 e. The maximum Gasteiger partial charge on any atom is 0.271 e. The molecule has 0 aliphatic carbocycles. The molecular formula is C13H21N3O3. The molecular weight excluding hydrogens is 246 g/mol. The van der Waals surface area contributed by atoms with Crippen LogP contribution in [0.2, 0.25) is 0 Å². The normalized spacial score (nSPS) is 10.4. The minimum atomic E-state index is -0.263. The summed E-state index contributed by atoms with van der Waals surface area (Å²) in [7, 11) is 1.62. The second-order valence-corrected chi connectivity index (χ2v) is 4.24. The summed E-state index contributed by atoms with van der Waals surface area (Å²) in [5, 5.41) is 6.81. The Morgan fingerprint density at radius 1 is 1.42 bits per heavy atom. The smallest absolute Gasteiger partial charge is 0.271 e. The van der Waals surface area contributed by atoms with E-state index >= 15 is 0 Å². The lowest BCUT2D eigenvalue weighted by atomic mass is 10.3. The average Bonchev–Trinajstić information content (AvgIpc) is 2.42. The summed E-state index contributed by atoms with van der Waals surface area (Å²) in [6.45, 7) is 3.71. The van der Waals surface area contributed by atoms with E-state index in [2.05, 4.69) is 10.4 Å². The van der Waals surface area contributed by atoms with E-state index in [1.807, 2.05) is 6.92 Å². The first-order chi connectivity index (χ1) is 9.19. The van der Waals surface area contributed by atoms with Crippen molar-refractivity contribution in [2.75, 3.05) is 20.3 Å². The zero-order chi connectivity index (χ0) is 14.1. The first-order valence-corrected chi connectivity index (χ1v) is 6.54. The quantitative estimate of drug-likeness (QED) is 0.707. The van der Waals surface area contributed by atoms with Crippen LogP contribution in [0, 0.1) is 0 Å².